The van der Waals surface area contributed by atoms with E-state index >= 15 is 0 Å². The number of hydrogen-bond donors (Lipinski definition) is 3. The molecule has 0 atom stereocenters. The third kappa shape index (κ3) is 7.20. The van der Waals surface area contributed by atoms with Gasteiger partial charge in [-0.05, 0) is 6.42 Å². The van der Waals surface area contributed by atoms with Crippen LogP contribution in [0.1, 0.15) is 27.6 Å². The van der Waals surface area contributed by atoms with Crippen LogP contribution in [0.15, 0.2) is 0 Å². The van der Waals surface area contributed by atoms with Gasteiger partial charge in [-0.25, -0.2) is 4.79 Å². The van der Waals surface area contributed by atoms with Crippen molar-refractivity contribution in [3.8, 4) is 0 Å². The van der Waals surface area contributed by atoms with E-state index in [2.05, 4.69) is 4.18 Å². The minimum atomic E-state index is -4.33. The van der Waals surface area contributed by atoms with Crippen molar-refractivity contribution in [2.24, 2.45) is 0 Å². The van der Waals surface area contributed by atoms with Gasteiger partial charge < -0.3 is 16.7 Å². The van der Waals surface area contributed by atoms with Gasteiger partial charge in [-0.1, -0.05) is 6.92 Å². The number of aliphatic carboxylic acids is 3. The first-order chi connectivity index (χ1) is 8.54. The summed E-state index contributed by atoms with van der Waals surface area (Å²) in [6.45, 7) is 1.48. The maximum atomic E-state index is 11.4. The molecular weight excluding hydrogens is 307 g/mol. The Hall–Kier alpha value is -0.680. The van der Waals surface area contributed by atoms with Gasteiger partial charge in [0.15, 0.2) is 0 Å². The Labute approximate surface area is 138 Å². The van der Waals surface area contributed by atoms with Crippen molar-refractivity contribution in [3.63, 3.8) is 0 Å². The van der Waals surface area contributed by atoms with Crippen LogP contribution in [-0.4, -0.2) is 53.0 Å². The average molecular weight is 322 g/mol. The fourth-order valence-electron chi connectivity index (χ4n) is 1.33. The van der Waals surface area contributed by atoms with E-state index in [1.807, 2.05) is 0 Å². The van der Waals surface area contributed by atoms with Gasteiger partial charge in [0.1, 0.15) is 0 Å². The predicted molar refractivity (Wildman–Crippen MR) is 61.1 cm³/mol. The fourth-order valence-corrected chi connectivity index (χ4v) is 2.59. The minimum Gasteiger partial charge on any atom is -1.00 e. The van der Waals surface area contributed by atoms with Crippen molar-refractivity contribution in [1.29, 1.82) is 0 Å². The van der Waals surface area contributed by atoms with Gasteiger partial charge in [0.05, 0.1) is 18.6 Å². The van der Waals surface area contributed by atoms with E-state index in [1.54, 1.807) is 0 Å². The summed E-state index contributed by atoms with van der Waals surface area (Å²) < 4.78 is 27.2. The molecule has 9 nitrogen and oxygen atoms in total. The molecule has 0 amide bonds. The van der Waals surface area contributed by atoms with Gasteiger partial charge in [-0.15, -0.1) is 0 Å². The normalized spacial score (nSPS) is 11.4. The molecule has 0 saturated carbocycles. The summed E-state index contributed by atoms with van der Waals surface area (Å²) in [5.74, 6) is -5.87. The molecule has 11 heteroatoms. The van der Waals surface area contributed by atoms with Gasteiger partial charge in [0, 0.05) is 0 Å². The first-order valence-corrected chi connectivity index (χ1v) is 6.72. The number of carboxylic acid groups (broad SMARTS) is 3. The van der Waals surface area contributed by atoms with Crippen molar-refractivity contribution >= 4 is 28.0 Å². The van der Waals surface area contributed by atoms with E-state index in [0.29, 0.717) is 0 Å². The molecule has 0 aliphatic heterocycles. The molecule has 0 fully saturated rings. The monoisotopic (exact) mass is 322 g/mol. The van der Waals surface area contributed by atoms with Crippen LogP contribution in [-0.2, 0) is 28.7 Å². The second-order valence-corrected chi connectivity index (χ2v) is 5.48. The summed E-state index contributed by atoms with van der Waals surface area (Å²) in [7, 11) is -4.33. The Bertz CT molecular complexity index is 460. The molecule has 0 aromatic rings. The van der Waals surface area contributed by atoms with Gasteiger partial charge in [-0.3, -0.25) is 13.8 Å². The van der Waals surface area contributed by atoms with Crippen molar-refractivity contribution < 1.29 is 73.3 Å². The second kappa shape index (κ2) is 8.57. The Morgan fingerprint density at radius 2 is 1.50 bits per heavy atom. The molecule has 20 heavy (non-hydrogen) atoms. The molecule has 0 rings (SSSR count). The number of carbonyl (C=O) groups is 3. The molecule has 112 valence electrons. The Balaban J connectivity index is -0.00000162. The number of carboxylic acids is 3. The van der Waals surface area contributed by atoms with Gasteiger partial charge in [0.25, 0.3) is 10.1 Å². The average Bonchev–Trinajstić information content (AvgIpc) is 2.13. The van der Waals surface area contributed by atoms with Gasteiger partial charge >= 0.3 is 47.5 Å². The van der Waals surface area contributed by atoms with E-state index in [1.165, 1.54) is 6.92 Å². The SMILES string of the molecule is CCCS(=O)(=O)OC(CC(=O)O)(CC(=O)O)C(=O)O.[H-].[Na+]. The van der Waals surface area contributed by atoms with Crippen molar-refractivity contribution in [1.82, 2.24) is 0 Å². The summed E-state index contributed by atoms with van der Waals surface area (Å²) in [6, 6.07) is 0. The zero-order valence-electron chi connectivity index (χ0n) is 12.0. The molecular formula is C9H15NaO9S. The number of rotatable bonds is 9. The molecule has 0 bridgehead atoms. The van der Waals surface area contributed by atoms with Crippen LogP contribution in [0.4, 0.5) is 0 Å². The smallest absolute Gasteiger partial charge is 1.00 e. The van der Waals surface area contributed by atoms with Crippen LogP contribution in [0, 0.1) is 0 Å². The molecule has 0 aliphatic rings. The molecule has 0 saturated heterocycles. The first-order valence-electron chi connectivity index (χ1n) is 5.15. The predicted octanol–water partition coefficient (Wildman–Crippen LogP) is -3.37. The molecule has 0 aromatic carbocycles. The van der Waals surface area contributed by atoms with E-state index in [4.69, 9.17) is 15.3 Å². The topological polar surface area (TPSA) is 155 Å². The van der Waals surface area contributed by atoms with E-state index in [-0.39, 0.29) is 37.4 Å². The molecule has 0 radical (unpaired) electrons. The third-order valence-electron chi connectivity index (χ3n) is 2.00. The maximum Gasteiger partial charge on any atom is 1.00 e. The van der Waals surface area contributed by atoms with Crippen LogP contribution in [0.25, 0.3) is 0 Å². The van der Waals surface area contributed by atoms with Crippen molar-refractivity contribution in [2.75, 3.05) is 5.75 Å². The second-order valence-electron chi connectivity index (χ2n) is 3.79. The van der Waals surface area contributed by atoms with E-state index in [9.17, 15) is 22.8 Å². The molecule has 0 unspecified atom stereocenters. The molecule has 3 N–H and O–H groups in total. The van der Waals surface area contributed by atoms with Gasteiger partial charge in [-0.2, -0.15) is 8.42 Å². The Kier molecular flexibility index (Phi) is 9.26. The minimum absolute atomic E-state index is 0. The van der Waals surface area contributed by atoms with Crippen molar-refractivity contribution in [3.05, 3.63) is 0 Å². The van der Waals surface area contributed by atoms with Crippen LogP contribution < -0.4 is 29.6 Å². The van der Waals surface area contributed by atoms with Crippen molar-refractivity contribution in [2.45, 2.75) is 31.8 Å². The van der Waals surface area contributed by atoms with Gasteiger partial charge in [0.2, 0.25) is 5.60 Å². The fraction of sp³-hybridized carbons (Fsp3) is 0.667. The molecule has 0 aliphatic carbocycles. The Morgan fingerprint density at radius 1 is 1.10 bits per heavy atom. The summed E-state index contributed by atoms with van der Waals surface area (Å²) in [5, 5.41) is 26.2. The van der Waals surface area contributed by atoms with Crippen LogP contribution in [0.3, 0.4) is 0 Å². The molecule has 0 aromatic heterocycles. The van der Waals surface area contributed by atoms with E-state index in [0.717, 1.165) is 0 Å². The molecule has 0 heterocycles. The molecule has 0 spiro atoms. The number of hydrogen-bond acceptors (Lipinski definition) is 6. The summed E-state index contributed by atoms with van der Waals surface area (Å²) >= 11 is 0. The maximum absolute atomic E-state index is 11.4. The third-order valence-corrected chi connectivity index (χ3v) is 3.49. The Morgan fingerprint density at radius 3 is 1.75 bits per heavy atom. The van der Waals surface area contributed by atoms with Crippen LogP contribution in [0.5, 0.6) is 0 Å². The summed E-state index contributed by atoms with van der Waals surface area (Å²) in [5.41, 5.74) is -2.84. The first kappa shape index (κ1) is 21.6. The summed E-state index contributed by atoms with van der Waals surface area (Å²) in [6.07, 6.45) is -2.45. The largest absolute Gasteiger partial charge is 1.00 e. The zero-order chi connectivity index (χ0) is 15.3. The standard InChI is InChI=1S/C9H14O9S.Na.H/c1-2-3-19(16,17)18-9(8(14)15,4-6(10)11)5-7(12)13;;/h2-5H2,1H3,(H,10,11)(H,12,13)(H,14,15);;/q;+1;-1. The summed E-state index contributed by atoms with van der Waals surface area (Å²) in [4.78, 5) is 32.3. The van der Waals surface area contributed by atoms with Crippen LogP contribution in [0.2, 0.25) is 0 Å². The van der Waals surface area contributed by atoms with E-state index < -0.39 is 52.2 Å². The quantitative estimate of drug-likeness (QED) is 0.291. The zero-order valence-corrected chi connectivity index (χ0v) is 13.8. The van der Waals surface area contributed by atoms with Crippen LogP contribution >= 0.6 is 0 Å².